The lowest BCUT2D eigenvalue weighted by atomic mass is 10.0. The first-order chi connectivity index (χ1) is 21.9. The zero-order chi connectivity index (χ0) is 34.2. The van der Waals surface area contributed by atoms with Crippen LogP contribution in [0.4, 0.5) is 25.2 Å². The Kier molecular flexibility index (Phi) is 12.3. The Hall–Kier alpha value is -4.50. The van der Waals surface area contributed by atoms with E-state index in [4.69, 9.17) is 4.98 Å². The van der Waals surface area contributed by atoms with Gasteiger partial charge in [-0.2, -0.15) is 8.78 Å². The molecule has 0 radical (unpaired) electrons. The van der Waals surface area contributed by atoms with E-state index in [2.05, 4.69) is 25.9 Å². The lowest BCUT2D eigenvalue weighted by Gasteiger charge is -2.18. The van der Waals surface area contributed by atoms with Gasteiger partial charge in [-0.25, -0.2) is 24.5 Å². The molecule has 0 saturated carbocycles. The molecule has 4 aromatic heterocycles. The third-order valence-electron chi connectivity index (χ3n) is 6.80. The standard InChI is InChI=1S/C29H34F2N8O4S.C2H6/c1-6-29(30,31)21-15-44-26(35-21)17-12-22(36-28(43)32-7-2)34-13-19(17)16-11-18-23(40)20(27(41)42)14-39(8-3)25(18)37-24(16)33-9-10-38(4)5;1-2/h11-15H,6-10H2,1-5H3,(H,33,37)(H,41,42)(H2,32,34,36,43);1-2H3. The van der Waals surface area contributed by atoms with Crippen molar-refractivity contribution in [3.63, 3.8) is 0 Å². The van der Waals surface area contributed by atoms with Crippen molar-refractivity contribution in [2.24, 2.45) is 0 Å². The Bertz CT molecular complexity index is 1760. The Morgan fingerprint density at radius 1 is 1.09 bits per heavy atom. The van der Waals surface area contributed by atoms with Crippen molar-refractivity contribution in [3.8, 4) is 21.7 Å². The molecule has 4 aromatic rings. The van der Waals surface area contributed by atoms with Gasteiger partial charge in [-0.15, -0.1) is 11.3 Å². The van der Waals surface area contributed by atoms with Crippen molar-refractivity contribution in [2.45, 2.75) is 53.5 Å². The van der Waals surface area contributed by atoms with E-state index in [0.717, 1.165) is 11.3 Å². The molecular formula is C31H40F2N8O4S. The average molecular weight is 659 g/mol. The average Bonchev–Trinajstić information content (AvgIpc) is 3.53. The Morgan fingerprint density at radius 2 is 1.80 bits per heavy atom. The molecule has 4 rings (SSSR count). The minimum Gasteiger partial charge on any atom is -0.477 e. The highest BCUT2D eigenvalue weighted by Crippen LogP contribution is 2.41. The fraction of sp³-hybridized carbons (Fsp3) is 0.419. The second kappa shape index (κ2) is 15.7. The summed E-state index contributed by atoms with van der Waals surface area (Å²) in [6, 6.07) is 2.55. The topological polar surface area (TPSA) is 154 Å². The molecule has 4 N–H and O–H groups in total. The molecule has 0 bridgehead atoms. The van der Waals surface area contributed by atoms with Crippen molar-refractivity contribution in [1.29, 1.82) is 0 Å². The summed E-state index contributed by atoms with van der Waals surface area (Å²) in [5.41, 5.74) is -0.111. The molecule has 12 nitrogen and oxygen atoms in total. The number of anilines is 2. The summed E-state index contributed by atoms with van der Waals surface area (Å²) in [5.74, 6) is -4.01. The predicted molar refractivity (Wildman–Crippen MR) is 178 cm³/mol. The normalized spacial score (nSPS) is 11.3. The molecule has 46 heavy (non-hydrogen) atoms. The summed E-state index contributed by atoms with van der Waals surface area (Å²) in [4.78, 5) is 52.9. The van der Waals surface area contributed by atoms with Crippen LogP contribution >= 0.6 is 11.3 Å². The van der Waals surface area contributed by atoms with Crippen molar-refractivity contribution in [3.05, 3.63) is 51.4 Å². The van der Waals surface area contributed by atoms with E-state index in [9.17, 15) is 28.3 Å². The van der Waals surface area contributed by atoms with Crippen molar-refractivity contribution < 1.29 is 23.5 Å². The van der Waals surface area contributed by atoms with Crippen LogP contribution in [0.3, 0.4) is 0 Å². The zero-order valence-corrected chi connectivity index (χ0v) is 27.8. The number of aryl methyl sites for hydroxylation is 1. The van der Waals surface area contributed by atoms with Gasteiger partial charge >= 0.3 is 12.0 Å². The number of likely N-dealkylation sites (N-methyl/N-ethyl adjacent to an activating group) is 1. The first-order valence-electron chi connectivity index (χ1n) is 15.0. The number of aromatic carboxylic acids is 1. The molecular weight excluding hydrogens is 618 g/mol. The fourth-order valence-corrected chi connectivity index (χ4v) is 5.32. The fourth-order valence-electron chi connectivity index (χ4n) is 4.42. The van der Waals surface area contributed by atoms with Crippen molar-refractivity contribution in [1.82, 2.24) is 29.7 Å². The number of hydrogen-bond donors (Lipinski definition) is 4. The highest BCUT2D eigenvalue weighted by Gasteiger charge is 2.32. The lowest BCUT2D eigenvalue weighted by Crippen LogP contribution is -2.28. The summed E-state index contributed by atoms with van der Waals surface area (Å²) < 4.78 is 30.8. The number of alkyl halides is 2. The van der Waals surface area contributed by atoms with E-state index in [-0.39, 0.29) is 27.6 Å². The Labute approximate surface area is 269 Å². The molecule has 4 heterocycles. The molecule has 0 unspecified atom stereocenters. The number of nitrogens with one attached hydrogen (secondary N) is 3. The quantitative estimate of drug-likeness (QED) is 0.145. The van der Waals surface area contributed by atoms with Crippen LogP contribution in [0.25, 0.3) is 32.7 Å². The van der Waals surface area contributed by atoms with Crippen LogP contribution in [0, 0.1) is 0 Å². The number of rotatable bonds is 12. The highest BCUT2D eigenvalue weighted by atomic mass is 32.1. The molecule has 0 aliphatic carbocycles. The van der Waals surface area contributed by atoms with E-state index < -0.39 is 35.3 Å². The lowest BCUT2D eigenvalue weighted by molar-refractivity contribution is -0.0121. The summed E-state index contributed by atoms with van der Waals surface area (Å²) in [5, 5.41) is 19.8. The number of halogens is 2. The number of pyridine rings is 3. The van der Waals surface area contributed by atoms with Gasteiger partial charge in [0, 0.05) is 67.1 Å². The SMILES string of the molecule is CC.CCNC(=O)Nc1cc(-c2nc(C(F)(F)CC)cs2)c(-c2cc3c(=O)c(C(=O)O)cn(CC)c3nc2NCCN(C)C)cn1. The third kappa shape index (κ3) is 8.01. The van der Waals surface area contributed by atoms with Crippen LogP contribution < -0.4 is 21.4 Å². The number of carbonyl (C=O) groups is 2. The second-order valence-electron chi connectivity index (χ2n) is 10.1. The van der Waals surface area contributed by atoms with E-state index in [1.807, 2.05) is 32.8 Å². The molecule has 15 heteroatoms. The van der Waals surface area contributed by atoms with Crippen molar-refractivity contribution >= 4 is 46.0 Å². The number of carboxylic acids is 1. The molecule has 0 aliphatic rings. The van der Waals surface area contributed by atoms with Crippen LogP contribution in [-0.4, -0.2) is 75.3 Å². The van der Waals surface area contributed by atoms with Crippen LogP contribution in [0.15, 0.2) is 34.7 Å². The highest BCUT2D eigenvalue weighted by molar-refractivity contribution is 7.13. The Balaban J connectivity index is 0.00000282. The maximum atomic E-state index is 14.6. The molecule has 248 valence electrons. The number of hydrogen-bond acceptors (Lipinski definition) is 9. The molecule has 0 fully saturated rings. The number of thiazole rings is 1. The van der Waals surface area contributed by atoms with E-state index >= 15 is 0 Å². The minimum atomic E-state index is -3.15. The summed E-state index contributed by atoms with van der Waals surface area (Å²) in [6.45, 7) is 10.8. The number of amides is 2. The van der Waals surface area contributed by atoms with Crippen LogP contribution in [-0.2, 0) is 12.5 Å². The van der Waals surface area contributed by atoms with Gasteiger partial charge in [0.15, 0.2) is 0 Å². The molecule has 0 saturated heterocycles. The number of urea groups is 1. The molecule has 0 spiro atoms. The third-order valence-corrected chi connectivity index (χ3v) is 7.67. The van der Waals surface area contributed by atoms with Gasteiger partial charge in [-0.3, -0.25) is 10.1 Å². The first-order valence-corrected chi connectivity index (χ1v) is 15.9. The van der Waals surface area contributed by atoms with Gasteiger partial charge in [-0.1, -0.05) is 20.8 Å². The monoisotopic (exact) mass is 658 g/mol. The summed E-state index contributed by atoms with van der Waals surface area (Å²) >= 11 is 1.00. The van der Waals surface area contributed by atoms with E-state index in [0.29, 0.717) is 48.7 Å². The number of nitrogens with zero attached hydrogens (tertiary/aromatic N) is 5. The largest absolute Gasteiger partial charge is 0.477 e. The van der Waals surface area contributed by atoms with Gasteiger partial charge in [0.2, 0.25) is 5.43 Å². The summed E-state index contributed by atoms with van der Waals surface area (Å²) in [7, 11) is 3.82. The van der Waals surface area contributed by atoms with Crippen LogP contribution in [0.1, 0.15) is 57.1 Å². The van der Waals surface area contributed by atoms with Crippen molar-refractivity contribution in [2.75, 3.05) is 44.4 Å². The number of carbonyl (C=O) groups excluding carboxylic acids is 1. The molecule has 0 aliphatic heterocycles. The minimum absolute atomic E-state index is 0.0627. The Morgan fingerprint density at radius 3 is 2.41 bits per heavy atom. The van der Waals surface area contributed by atoms with Gasteiger partial charge < -0.3 is 25.2 Å². The van der Waals surface area contributed by atoms with Gasteiger partial charge in [-0.05, 0) is 40.1 Å². The zero-order valence-electron chi connectivity index (χ0n) is 27.0. The van der Waals surface area contributed by atoms with Crippen LogP contribution in [0.5, 0.6) is 0 Å². The van der Waals surface area contributed by atoms with Crippen LogP contribution in [0.2, 0.25) is 0 Å². The second-order valence-corrected chi connectivity index (χ2v) is 11.0. The summed E-state index contributed by atoms with van der Waals surface area (Å²) in [6.07, 6.45) is 2.27. The maximum absolute atomic E-state index is 14.6. The maximum Gasteiger partial charge on any atom is 0.341 e. The first kappa shape index (κ1) is 36.0. The molecule has 2 amide bonds. The van der Waals surface area contributed by atoms with Gasteiger partial charge in [0.1, 0.15) is 33.5 Å². The number of fused-ring (bicyclic) bond motifs is 1. The van der Waals surface area contributed by atoms with Gasteiger partial charge in [0.25, 0.3) is 5.92 Å². The molecule has 0 atom stereocenters. The van der Waals surface area contributed by atoms with E-state index in [1.54, 1.807) is 18.4 Å². The predicted octanol–water partition coefficient (Wildman–Crippen LogP) is 5.94. The van der Waals surface area contributed by atoms with Gasteiger partial charge in [0.05, 0.1) is 5.39 Å². The molecule has 0 aromatic carbocycles. The number of aromatic nitrogens is 4. The smallest absolute Gasteiger partial charge is 0.341 e. The number of carboxylic acid groups (broad SMARTS) is 1. The van der Waals surface area contributed by atoms with E-state index in [1.165, 1.54) is 36.8 Å².